The van der Waals surface area contributed by atoms with Gasteiger partial charge in [-0.15, -0.1) is 0 Å². The number of nitrogens with one attached hydrogen (secondary N) is 2. The van der Waals surface area contributed by atoms with Gasteiger partial charge in [0.2, 0.25) is 5.91 Å². The quantitative estimate of drug-likeness (QED) is 0.493. The van der Waals surface area contributed by atoms with E-state index in [1.165, 1.54) is 6.08 Å². The first kappa shape index (κ1) is 16.7. The number of hydrogen-bond donors (Lipinski definition) is 3. The second-order valence-electron chi connectivity index (χ2n) is 5.40. The van der Waals surface area contributed by atoms with Gasteiger partial charge in [-0.1, -0.05) is 42.5 Å². The van der Waals surface area contributed by atoms with Crippen molar-refractivity contribution in [3.8, 4) is 5.75 Å². The van der Waals surface area contributed by atoms with Gasteiger partial charge in [0, 0.05) is 17.1 Å². The topological polar surface area (TPSA) is 61.4 Å². The number of rotatable bonds is 3. The molecule has 0 radical (unpaired) electrons. The van der Waals surface area contributed by atoms with Gasteiger partial charge in [-0.2, -0.15) is 0 Å². The minimum absolute atomic E-state index is 0.201. The van der Waals surface area contributed by atoms with E-state index < -0.39 is 0 Å². The average Bonchev–Trinajstić information content (AvgIpc) is 2.60. The van der Waals surface area contributed by atoms with Gasteiger partial charge in [0.15, 0.2) is 5.11 Å². The summed E-state index contributed by atoms with van der Waals surface area (Å²) in [6.45, 7) is 0. The maximum absolute atomic E-state index is 12.0. The predicted octanol–water partition coefficient (Wildman–Crippen LogP) is 4.07. The van der Waals surface area contributed by atoms with Crippen LogP contribution in [0, 0.1) is 0 Å². The van der Waals surface area contributed by atoms with Gasteiger partial charge in [0.1, 0.15) is 5.75 Å². The van der Waals surface area contributed by atoms with Crippen molar-refractivity contribution in [1.29, 1.82) is 0 Å². The molecule has 0 saturated carbocycles. The van der Waals surface area contributed by atoms with Crippen molar-refractivity contribution in [2.24, 2.45) is 0 Å². The zero-order chi connectivity index (χ0) is 17.6. The van der Waals surface area contributed by atoms with Gasteiger partial charge in [-0.3, -0.25) is 10.1 Å². The second-order valence-corrected chi connectivity index (χ2v) is 5.81. The van der Waals surface area contributed by atoms with Crippen molar-refractivity contribution in [1.82, 2.24) is 5.32 Å². The molecule has 0 bridgehead atoms. The number of benzene rings is 3. The van der Waals surface area contributed by atoms with Gasteiger partial charge in [-0.25, -0.2) is 0 Å². The third-order valence-electron chi connectivity index (χ3n) is 3.58. The summed E-state index contributed by atoms with van der Waals surface area (Å²) in [6.07, 6.45) is 3.16. The Bertz CT molecular complexity index is 952. The van der Waals surface area contributed by atoms with Crippen LogP contribution in [0.2, 0.25) is 0 Å². The number of phenols is 1. The number of thiocarbonyl (C=S) groups is 1. The molecule has 3 rings (SSSR count). The van der Waals surface area contributed by atoms with E-state index in [1.807, 2.05) is 48.5 Å². The number of aromatic hydroxyl groups is 1. The Morgan fingerprint density at radius 2 is 1.80 bits per heavy atom. The summed E-state index contributed by atoms with van der Waals surface area (Å²) in [6, 6.07) is 20.2. The Kier molecular flexibility index (Phi) is 5.06. The molecule has 25 heavy (non-hydrogen) atoms. The average molecular weight is 348 g/mol. The highest BCUT2D eigenvalue weighted by Crippen LogP contribution is 2.26. The van der Waals surface area contributed by atoms with Crippen LogP contribution in [0.4, 0.5) is 5.69 Å². The van der Waals surface area contributed by atoms with Gasteiger partial charge in [0.25, 0.3) is 0 Å². The van der Waals surface area contributed by atoms with Crippen LogP contribution in [0.25, 0.3) is 16.8 Å². The number of carbonyl (C=O) groups excluding carboxylic acids is 1. The molecular weight excluding hydrogens is 332 g/mol. The highest BCUT2D eigenvalue weighted by molar-refractivity contribution is 7.80. The summed E-state index contributed by atoms with van der Waals surface area (Å²) in [4.78, 5) is 12.0. The maximum atomic E-state index is 12.0. The first-order chi connectivity index (χ1) is 12.1. The third-order valence-corrected chi connectivity index (χ3v) is 3.78. The van der Waals surface area contributed by atoms with Crippen molar-refractivity contribution in [2.75, 3.05) is 5.32 Å². The molecule has 0 aromatic heterocycles. The molecule has 0 saturated heterocycles. The Morgan fingerprint density at radius 1 is 1.00 bits per heavy atom. The van der Waals surface area contributed by atoms with Gasteiger partial charge in [-0.05, 0) is 53.5 Å². The zero-order valence-electron chi connectivity index (χ0n) is 13.3. The van der Waals surface area contributed by atoms with E-state index in [0.29, 0.717) is 0 Å². The lowest BCUT2D eigenvalue weighted by molar-refractivity contribution is -0.115. The van der Waals surface area contributed by atoms with Crippen molar-refractivity contribution >= 4 is 45.8 Å². The fraction of sp³-hybridized carbons (Fsp3) is 0. The Balaban J connectivity index is 1.67. The Morgan fingerprint density at radius 3 is 2.60 bits per heavy atom. The molecule has 3 aromatic carbocycles. The monoisotopic (exact) mass is 348 g/mol. The van der Waals surface area contributed by atoms with E-state index in [4.69, 9.17) is 12.2 Å². The molecule has 124 valence electrons. The number of anilines is 1. The molecule has 0 aliphatic heterocycles. The highest BCUT2D eigenvalue weighted by Gasteiger charge is 2.05. The molecule has 0 spiro atoms. The lowest BCUT2D eigenvalue weighted by Crippen LogP contribution is -2.32. The number of hydrogen-bond acceptors (Lipinski definition) is 3. The lowest BCUT2D eigenvalue weighted by atomic mass is 10.1. The minimum Gasteiger partial charge on any atom is -0.508 e. The first-order valence-corrected chi connectivity index (χ1v) is 8.09. The van der Waals surface area contributed by atoms with Crippen molar-refractivity contribution in [3.05, 3.63) is 78.4 Å². The number of fused-ring (bicyclic) bond motifs is 1. The molecule has 5 heteroatoms. The first-order valence-electron chi connectivity index (χ1n) is 7.69. The smallest absolute Gasteiger partial charge is 0.250 e. The molecule has 3 aromatic rings. The standard InChI is InChI=1S/C20H16N2O2S/c23-16-10-11-17-15(13-16)7-4-8-18(17)21-20(25)22-19(24)12-9-14-5-2-1-3-6-14/h1-13,23H,(H2,21,22,24,25)/b12-9+. The second kappa shape index (κ2) is 7.59. The number of phenolic OH excluding ortho intramolecular Hbond substituents is 1. The van der Waals surface area contributed by atoms with Crippen LogP contribution in [-0.4, -0.2) is 16.1 Å². The SMILES string of the molecule is O=C(/C=C/c1ccccc1)NC(=S)Nc1cccc2cc(O)ccc12. The van der Waals surface area contributed by atoms with Crippen LogP contribution in [-0.2, 0) is 4.79 Å². The molecular formula is C20H16N2O2S. The van der Waals surface area contributed by atoms with Gasteiger partial charge >= 0.3 is 0 Å². The fourth-order valence-electron chi connectivity index (χ4n) is 2.42. The van der Waals surface area contributed by atoms with Crippen LogP contribution >= 0.6 is 12.2 Å². The van der Waals surface area contributed by atoms with Crippen molar-refractivity contribution < 1.29 is 9.90 Å². The van der Waals surface area contributed by atoms with Crippen LogP contribution < -0.4 is 10.6 Å². The highest BCUT2D eigenvalue weighted by atomic mass is 32.1. The van der Waals surface area contributed by atoms with E-state index in [-0.39, 0.29) is 16.8 Å². The fourth-order valence-corrected chi connectivity index (χ4v) is 2.63. The van der Waals surface area contributed by atoms with Crippen LogP contribution in [0.1, 0.15) is 5.56 Å². The molecule has 0 heterocycles. The van der Waals surface area contributed by atoms with E-state index in [2.05, 4.69) is 10.6 Å². The van der Waals surface area contributed by atoms with E-state index in [9.17, 15) is 9.90 Å². The summed E-state index contributed by atoms with van der Waals surface area (Å²) in [5, 5.41) is 17.2. The number of amides is 1. The molecule has 0 aliphatic rings. The van der Waals surface area contributed by atoms with Crippen molar-refractivity contribution in [2.45, 2.75) is 0 Å². The summed E-state index contributed by atoms with van der Waals surface area (Å²) < 4.78 is 0. The lowest BCUT2D eigenvalue weighted by Gasteiger charge is -2.11. The summed E-state index contributed by atoms with van der Waals surface area (Å²) in [5.41, 5.74) is 1.69. The largest absolute Gasteiger partial charge is 0.508 e. The summed E-state index contributed by atoms with van der Waals surface area (Å²) >= 11 is 5.21. The zero-order valence-corrected chi connectivity index (χ0v) is 14.1. The molecule has 1 amide bonds. The molecule has 0 atom stereocenters. The molecule has 0 unspecified atom stereocenters. The van der Waals surface area contributed by atoms with Gasteiger partial charge < -0.3 is 10.4 Å². The summed E-state index contributed by atoms with van der Waals surface area (Å²) in [7, 11) is 0. The molecule has 0 fully saturated rings. The maximum Gasteiger partial charge on any atom is 0.250 e. The Hall–Kier alpha value is -3.18. The summed E-state index contributed by atoms with van der Waals surface area (Å²) in [5.74, 6) is -0.106. The van der Waals surface area contributed by atoms with E-state index in [1.54, 1.807) is 24.3 Å². The molecule has 3 N–H and O–H groups in total. The minimum atomic E-state index is -0.306. The van der Waals surface area contributed by atoms with E-state index >= 15 is 0 Å². The van der Waals surface area contributed by atoms with E-state index in [0.717, 1.165) is 22.0 Å². The van der Waals surface area contributed by atoms with Crippen LogP contribution in [0.3, 0.4) is 0 Å². The van der Waals surface area contributed by atoms with Crippen molar-refractivity contribution in [3.63, 3.8) is 0 Å². The normalized spacial score (nSPS) is 10.7. The Labute approximate surface area is 150 Å². The van der Waals surface area contributed by atoms with Gasteiger partial charge in [0.05, 0.1) is 0 Å². The van der Waals surface area contributed by atoms with Crippen LogP contribution in [0.5, 0.6) is 5.75 Å². The number of carbonyl (C=O) groups is 1. The molecule has 4 nitrogen and oxygen atoms in total. The third kappa shape index (κ3) is 4.43. The van der Waals surface area contributed by atoms with Crippen LogP contribution in [0.15, 0.2) is 72.8 Å². The molecule has 0 aliphatic carbocycles. The predicted molar refractivity (Wildman–Crippen MR) is 105 cm³/mol.